The van der Waals surface area contributed by atoms with E-state index in [-0.39, 0.29) is 22.6 Å². The highest BCUT2D eigenvalue weighted by molar-refractivity contribution is 7.89. The van der Waals surface area contributed by atoms with Gasteiger partial charge in [-0.25, -0.2) is 17.9 Å². The maximum absolute atomic E-state index is 12.3. The Morgan fingerprint density at radius 2 is 2.10 bits per heavy atom. The number of carboxylic acid groups (broad SMARTS) is 1. The normalized spacial score (nSPS) is 19.4. The first-order chi connectivity index (χ1) is 9.83. The summed E-state index contributed by atoms with van der Waals surface area (Å²) in [6.07, 6.45) is 1.40. The summed E-state index contributed by atoms with van der Waals surface area (Å²) in [5.74, 6) is -1.39. The minimum absolute atomic E-state index is 0.118. The Labute approximate surface area is 132 Å². The van der Waals surface area contributed by atoms with Gasteiger partial charge in [0.1, 0.15) is 4.90 Å². The summed E-state index contributed by atoms with van der Waals surface area (Å²) in [5.41, 5.74) is -0.430. The molecule has 0 aromatic heterocycles. The van der Waals surface area contributed by atoms with Crippen molar-refractivity contribution >= 4 is 39.2 Å². The van der Waals surface area contributed by atoms with Gasteiger partial charge in [-0.05, 0) is 25.0 Å². The first-order valence-corrected chi connectivity index (χ1v) is 8.38. The Morgan fingerprint density at radius 3 is 2.67 bits per heavy atom. The zero-order valence-corrected chi connectivity index (χ0v) is 13.1. The molecule has 21 heavy (non-hydrogen) atoms. The fourth-order valence-electron chi connectivity index (χ4n) is 2.05. The molecular formula is C12H13Cl2NO5S. The van der Waals surface area contributed by atoms with Crippen molar-refractivity contribution in [2.45, 2.75) is 23.8 Å². The molecule has 1 unspecified atom stereocenters. The lowest BCUT2D eigenvalue weighted by atomic mass is 10.1. The number of sulfonamides is 1. The molecule has 0 saturated carbocycles. The van der Waals surface area contributed by atoms with Gasteiger partial charge in [0.15, 0.2) is 0 Å². The monoisotopic (exact) mass is 353 g/mol. The molecular weight excluding hydrogens is 341 g/mol. The van der Waals surface area contributed by atoms with Crippen molar-refractivity contribution in [2.75, 3.05) is 13.2 Å². The first-order valence-electron chi connectivity index (χ1n) is 6.14. The Kier molecular flexibility index (Phi) is 5.11. The second-order valence-corrected chi connectivity index (χ2v) is 7.04. The minimum atomic E-state index is -3.95. The van der Waals surface area contributed by atoms with Crippen molar-refractivity contribution in [2.24, 2.45) is 0 Å². The van der Waals surface area contributed by atoms with Crippen LogP contribution in [0.1, 0.15) is 23.2 Å². The lowest BCUT2D eigenvalue weighted by Gasteiger charge is -2.23. The lowest BCUT2D eigenvalue weighted by molar-refractivity contribution is 0.0697. The molecule has 1 aromatic rings. The van der Waals surface area contributed by atoms with Crippen LogP contribution in [0.2, 0.25) is 10.0 Å². The van der Waals surface area contributed by atoms with Crippen LogP contribution in [0.4, 0.5) is 0 Å². The Morgan fingerprint density at radius 1 is 1.38 bits per heavy atom. The van der Waals surface area contributed by atoms with Crippen molar-refractivity contribution in [1.82, 2.24) is 4.72 Å². The van der Waals surface area contributed by atoms with Crippen LogP contribution >= 0.6 is 23.2 Å². The largest absolute Gasteiger partial charge is 0.478 e. The van der Waals surface area contributed by atoms with E-state index in [2.05, 4.69) is 4.72 Å². The number of hydrogen-bond donors (Lipinski definition) is 2. The summed E-state index contributed by atoms with van der Waals surface area (Å²) < 4.78 is 32.3. The van der Waals surface area contributed by atoms with Crippen LogP contribution in [0.15, 0.2) is 17.0 Å². The third kappa shape index (κ3) is 3.67. The van der Waals surface area contributed by atoms with Crippen LogP contribution in [0.3, 0.4) is 0 Å². The zero-order valence-electron chi connectivity index (χ0n) is 10.8. The number of halogens is 2. The number of aromatic carboxylic acids is 1. The summed E-state index contributed by atoms with van der Waals surface area (Å²) in [7, 11) is -3.95. The van der Waals surface area contributed by atoms with E-state index in [0.717, 1.165) is 6.42 Å². The molecule has 9 heteroatoms. The van der Waals surface area contributed by atoms with Crippen LogP contribution in [-0.4, -0.2) is 38.7 Å². The average molecular weight is 354 g/mol. The highest BCUT2D eigenvalue weighted by Gasteiger charge is 2.27. The Hall–Kier alpha value is -0.860. The minimum Gasteiger partial charge on any atom is -0.478 e. The molecule has 0 amide bonds. The van der Waals surface area contributed by atoms with Crippen molar-refractivity contribution < 1.29 is 23.1 Å². The number of benzene rings is 1. The van der Waals surface area contributed by atoms with Gasteiger partial charge in [-0.1, -0.05) is 23.2 Å². The van der Waals surface area contributed by atoms with Gasteiger partial charge in [0, 0.05) is 12.6 Å². The molecule has 1 aromatic carbocycles. The highest BCUT2D eigenvalue weighted by atomic mass is 35.5. The van der Waals surface area contributed by atoms with Crippen LogP contribution in [-0.2, 0) is 14.8 Å². The Balaban J connectivity index is 2.36. The number of nitrogens with one attached hydrogen (secondary N) is 1. The van der Waals surface area contributed by atoms with Crippen LogP contribution < -0.4 is 4.72 Å². The number of hydrogen-bond acceptors (Lipinski definition) is 4. The van der Waals surface area contributed by atoms with Gasteiger partial charge in [-0.2, -0.15) is 0 Å². The molecule has 0 bridgehead atoms. The van der Waals surface area contributed by atoms with Gasteiger partial charge in [-0.15, -0.1) is 0 Å². The van der Waals surface area contributed by atoms with E-state index in [1.165, 1.54) is 12.1 Å². The van der Waals surface area contributed by atoms with Gasteiger partial charge in [0.2, 0.25) is 10.0 Å². The standard InChI is InChI=1S/C12H13Cl2NO5S/c13-8-3-4-9(11(14)10(8)12(16)17)21(18,19)15-7-2-1-5-20-6-7/h3-4,7,15H,1-2,5-6H2,(H,16,17). The summed E-state index contributed by atoms with van der Waals surface area (Å²) in [6, 6.07) is 2.02. The van der Waals surface area contributed by atoms with Crippen molar-refractivity contribution in [3.05, 3.63) is 27.7 Å². The summed E-state index contributed by atoms with van der Waals surface area (Å²) in [5, 5.41) is 8.53. The number of carboxylic acids is 1. The maximum Gasteiger partial charge on any atom is 0.338 e. The first kappa shape index (κ1) is 16.5. The molecule has 2 N–H and O–H groups in total. The summed E-state index contributed by atoms with van der Waals surface area (Å²) in [4.78, 5) is 10.8. The molecule has 1 heterocycles. The second-order valence-electron chi connectivity index (χ2n) is 4.58. The quantitative estimate of drug-likeness (QED) is 0.864. The fourth-order valence-corrected chi connectivity index (χ4v) is 4.23. The molecule has 1 aliphatic rings. The molecule has 0 spiro atoms. The third-order valence-electron chi connectivity index (χ3n) is 3.04. The predicted molar refractivity (Wildman–Crippen MR) is 77.6 cm³/mol. The lowest BCUT2D eigenvalue weighted by Crippen LogP contribution is -2.40. The molecule has 0 aliphatic carbocycles. The van der Waals surface area contributed by atoms with E-state index >= 15 is 0 Å². The SMILES string of the molecule is O=C(O)c1c(Cl)ccc(S(=O)(=O)NC2CCCOC2)c1Cl. The topological polar surface area (TPSA) is 92.7 Å². The van der Waals surface area contributed by atoms with Gasteiger partial charge in [0.25, 0.3) is 0 Å². The van der Waals surface area contributed by atoms with E-state index in [1.54, 1.807) is 0 Å². The summed E-state index contributed by atoms with van der Waals surface area (Å²) >= 11 is 11.6. The molecule has 6 nitrogen and oxygen atoms in total. The molecule has 0 radical (unpaired) electrons. The second kappa shape index (κ2) is 6.50. The molecule has 1 aliphatic heterocycles. The molecule has 1 saturated heterocycles. The molecule has 116 valence electrons. The van der Waals surface area contributed by atoms with Crippen LogP contribution in [0, 0.1) is 0 Å². The van der Waals surface area contributed by atoms with E-state index in [4.69, 9.17) is 33.0 Å². The van der Waals surface area contributed by atoms with Gasteiger partial charge < -0.3 is 9.84 Å². The smallest absolute Gasteiger partial charge is 0.338 e. The number of ether oxygens (including phenoxy) is 1. The molecule has 1 atom stereocenters. The molecule has 1 fully saturated rings. The van der Waals surface area contributed by atoms with E-state index in [1.807, 2.05) is 0 Å². The summed E-state index contributed by atoms with van der Waals surface area (Å²) in [6.45, 7) is 0.874. The Bertz CT molecular complexity index is 656. The van der Waals surface area contributed by atoms with Crippen molar-refractivity contribution in [1.29, 1.82) is 0 Å². The predicted octanol–water partition coefficient (Wildman–Crippen LogP) is 2.15. The van der Waals surface area contributed by atoms with Gasteiger partial charge in [-0.3, -0.25) is 0 Å². The van der Waals surface area contributed by atoms with Crippen LogP contribution in [0.25, 0.3) is 0 Å². The molecule has 2 rings (SSSR count). The van der Waals surface area contributed by atoms with E-state index in [9.17, 15) is 13.2 Å². The van der Waals surface area contributed by atoms with Gasteiger partial charge >= 0.3 is 5.97 Å². The van der Waals surface area contributed by atoms with Crippen LogP contribution in [0.5, 0.6) is 0 Å². The fraction of sp³-hybridized carbons (Fsp3) is 0.417. The van der Waals surface area contributed by atoms with Gasteiger partial charge in [0.05, 0.1) is 22.2 Å². The highest BCUT2D eigenvalue weighted by Crippen LogP contribution is 2.31. The maximum atomic E-state index is 12.3. The number of rotatable bonds is 4. The average Bonchev–Trinajstić information content (AvgIpc) is 2.38. The van der Waals surface area contributed by atoms with E-state index in [0.29, 0.717) is 13.0 Å². The third-order valence-corrected chi connectivity index (χ3v) is 5.42. The van der Waals surface area contributed by atoms with Crippen molar-refractivity contribution in [3.8, 4) is 0 Å². The van der Waals surface area contributed by atoms with E-state index < -0.39 is 26.6 Å². The zero-order chi connectivity index (χ0) is 15.6. The number of carbonyl (C=O) groups is 1. The van der Waals surface area contributed by atoms with Crippen molar-refractivity contribution in [3.63, 3.8) is 0 Å².